The molecule has 0 aliphatic heterocycles. The van der Waals surface area contributed by atoms with Crippen LogP contribution in [0.4, 0.5) is 4.39 Å². The second kappa shape index (κ2) is 13.4. The number of hydrogen-bond acceptors (Lipinski definition) is 9. The molecule has 0 bridgehead atoms. The highest BCUT2D eigenvalue weighted by atomic mass is 32.2. The molecule has 0 aliphatic carbocycles. The van der Waals surface area contributed by atoms with Gasteiger partial charge >= 0.3 is 0 Å². The van der Waals surface area contributed by atoms with E-state index in [4.69, 9.17) is 14.6 Å². The number of aromatic nitrogens is 4. The van der Waals surface area contributed by atoms with Crippen molar-refractivity contribution in [1.29, 1.82) is 0 Å². The molecule has 3 aromatic carbocycles. The first-order valence-corrected chi connectivity index (χ1v) is 15.9. The Hall–Kier alpha value is -4.20. The summed E-state index contributed by atoms with van der Waals surface area (Å²) in [5, 5.41) is 13.7. The van der Waals surface area contributed by atoms with Crippen molar-refractivity contribution in [2.45, 2.75) is 43.2 Å². The molecule has 0 saturated heterocycles. The van der Waals surface area contributed by atoms with Crippen molar-refractivity contribution >= 4 is 37.4 Å². The first kappa shape index (κ1) is 30.3. The Bertz CT molecular complexity index is 1810. The molecule has 0 spiro atoms. The maximum Gasteiger partial charge on any atom is 0.265 e. The van der Waals surface area contributed by atoms with Crippen molar-refractivity contribution in [3.8, 4) is 11.5 Å². The minimum absolute atomic E-state index is 0.0111. The van der Waals surface area contributed by atoms with E-state index in [1.165, 1.54) is 0 Å². The van der Waals surface area contributed by atoms with Crippen molar-refractivity contribution < 1.29 is 27.1 Å². The molecule has 2 aromatic heterocycles. The Morgan fingerprint density at radius 3 is 2.47 bits per heavy atom. The number of carbonyl (C=O) groups is 1. The summed E-state index contributed by atoms with van der Waals surface area (Å²) >= 11 is 0.962. The summed E-state index contributed by atoms with van der Waals surface area (Å²) in [6.45, 7) is 1.51. The molecular formula is C30H30FN5O5S2. The fourth-order valence-electron chi connectivity index (χ4n) is 4.43. The molecule has 0 radical (unpaired) electrons. The number of thiazole rings is 1. The van der Waals surface area contributed by atoms with Crippen molar-refractivity contribution in [3.05, 3.63) is 95.3 Å². The molecule has 5 aromatic rings. The van der Waals surface area contributed by atoms with Gasteiger partial charge in [0.05, 0.1) is 16.4 Å². The quantitative estimate of drug-likeness (QED) is 0.187. The predicted molar refractivity (Wildman–Crippen MR) is 161 cm³/mol. The van der Waals surface area contributed by atoms with Gasteiger partial charge in [0.1, 0.15) is 43.1 Å². The summed E-state index contributed by atoms with van der Waals surface area (Å²) < 4.78 is 49.0. The van der Waals surface area contributed by atoms with Crippen molar-refractivity contribution in [3.63, 3.8) is 0 Å². The lowest BCUT2D eigenvalue weighted by Crippen LogP contribution is -2.23. The number of rotatable bonds is 14. The van der Waals surface area contributed by atoms with Gasteiger partial charge in [-0.3, -0.25) is 4.79 Å². The Morgan fingerprint density at radius 1 is 1.02 bits per heavy atom. The minimum Gasteiger partial charge on any atom is -0.491 e. The molecule has 2 heterocycles. The van der Waals surface area contributed by atoms with Crippen LogP contribution < -0.4 is 14.6 Å². The molecule has 224 valence electrons. The van der Waals surface area contributed by atoms with Crippen LogP contribution in [-0.2, 0) is 34.3 Å². The lowest BCUT2D eigenvalue weighted by molar-refractivity contribution is -0.122. The number of alkyl halides is 1. The standard InChI is InChI=1S/C30H30FN5O5S2/c1-20-2-4-21(5-3-20)8-13-28(37)27(16-22-6-9-24(10-7-22)40-15-14-31)36-18-23(34-35-36)19-41-25-11-12-26-29(17-25)42-30(33-26)43(32,38)39/h2-7,9-12,17-18,27H,8,13-16,19H2,1H3,(H2,32,38,39)/t27-/m0/s1. The average Bonchev–Trinajstić information content (AvgIpc) is 3.65. The molecule has 0 unspecified atom stereocenters. The lowest BCUT2D eigenvalue weighted by atomic mass is 9.97. The normalized spacial score (nSPS) is 12.3. The summed E-state index contributed by atoms with van der Waals surface area (Å²) in [6.07, 6.45) is 3.00. The van der Waals surface area contributed by atoms with E-state index in [0.717, 1.165) is 28.0 Å². The summed E-state index contributed by atoms with van der Waals surface area (Å²) in [7, 11) is -3.90. The average molecular weight is 624 g/mol. The second-order valence-electron chi connectivity index (χ2n) is 9.99. The van der Waals surface area contributed by atoms with Crippen LogP contribution in [0, 0.1) is 6.92 Å². The smallest absolute Gasteiger partial charge is 0.265 e. The predicted octanol–water partition coefficient (Wildman–Crippen LogP) is 4.76. The number of nitrogens with zero attached hydrogens (tertiary/aromatic N) is 4. The molecule has 0 fully saturated rings. The number of hydrogen-bond donors (Lipinski definition) is 1. The summed E-state index contributed by atoms with van der Waals surface area (Å²) in [5.74, 6) is 1.06. The van der Waals surface area contributed by atoms with Gasteiger partial charge in [-0.1, -0.05) is 47.2 Å². The fraction of sp³-hybridized carbons (Fsp3) is 0.267. The van der Waals surface area contributed by atoms with Gasteiger partial charge in [-0.15, -0.1) is 16.4 Å². The monoisotopic (exact) mass is 623 g/mol. The number of ether oxygens (including phenoxy) is 2. The second-order valence-corrected chi connectivity index (χ2v) is 12.8. The molecule has 0 saturated carbocycles. The van der Waals surface area contributed by atoms with E-state index in [0.29, 0.717) is 46.7 Å². The number of halogens is 1. The van der Waals surface area contributed by atoms with Crippen LogP contribution in [0.1, 0.15) is 34.8 Å². The Kier molecular flexibility index (Phi) is 9.43. The summed E-state index contributed by atoms with van der Waals surface area (Å²) in [5.41, 5.74) is 4.15. The van der Waals surface area contributed by atoms with E-state index in [-0.39, 0.29) is 23.3 Å². The van der Waals surface area contributed by atoms with Gasteiger partial charge in [-0.25, -0.2) is 27.6 Å². The molecule has 13 heteroatoms. The third-order valence-corrected chi connectivity index (χ3v) is 9.04. The van der Waals surface area contributed by atoms with Gasteiger partial charge in [0.2, 0.25) is 4.34 Å². The first-order chi connectivity index (χ1) is 20.7. The first-order valence-electron chi connectivity index (χ1n) is 13.5. The number of aryl methyl sites for hydroxylation is 2. The van der Waals surface area contributed by atoms with Crippen LogP contribution in [-0.4, -0.2) is 47.5 Å². The van der Waals surface area contributed by atoms with E-state index in [9.17, 15) is 17.6 Å². The van der Waals surface area contributed by atoms with Crippen LogP contribution in [0.5, 0.6) is 11.5 Å². The summed E-state index contributed by atoms with van der Waals surface area (Å²) in [6, 6.07) is 19.7. The third-order valence-electron chi connectivity index (χ3n) is 6.70. The van der Waals surface area contributed by atoms with Gasteiger partial charge in [-0.05, 0) is 54.8 Å². The van der Waals surface area contributed by atoms with Crippen LogP contribution in [0.25, 0.3) is 10.2 Å². The highest BCUT2D eigenvalue weighted by Gasteiger charge is 2.23. The number of primary sulfonamides is 1. The van der Waals surface area contributed by atoms with Crippen LogP contribution in [0.3, 0.4) is 0 Å². The Labute approximate surface area is 252 Å². The largest absolute Gasteiger partial charge is 0.491 e. The van der Waals surface area contributed by atoms with E-state index in [1.807, 2.05) is 43.3 Å². The van der Waals surface area contributed by atoms with E-state index < -0.39 is 22.7 Å². The highest BCUT2D eigenvalue weighted by molar-refractivity contribution is 7.91. The SMILES string of the molecule is Cc1ccc(CCC(=O)[C@H](Cc2ccc(OCCF)cc2)n2cc(COc3ccc4nc(S(N)(=O)=O)sc4c3)nn2)cc1. The van der Waals surface area contributed by atoms with Gasteiger partial charge < -0.3 is 9.47 Å². The van der Waals surface area contributed by atoms with Gasteiger partial charge in [-0.2, -0.15) is 0 Å². The van der Waals surface area contributed by atoms with Crippen molar-refractivity contribution in [2.75, 3.05) is 13.3 Å². The molecule has 10 nitrogen and oxygen atoms in total. The van der Waals surface area contributed by atoms with Crippen molar-refractivity contribution in [1.82, 2.24) is 20.0 Å². The van der Waals surface area contributed by atoms with Crippen molar-refractivity contribution in [2.24, 2.45) is 5.14 Å². The number of Topliss-reactive ketones (excluding diaryl/α,β-unsaturated/α-hetero) is 1. The minimum atomic E-state index is -3.90. The number of benzene rings is 3. The third kappa shape index (κ3) is 8.00. The van der Waals surface area contributed by atoms with E-state index in [2.05, 4.69) is 15.3 Å². The van der Waals surface area contributed by atoms with Crippen LogP contribution in [0.15, 0.2) is 77.3 Å². The van der Waals surface area contributed by atoms with E-state index in [1.54, 1.807) is 41.2 Å². The maximum atomic E-state index is 13.5. The molecule has 2 N–H and O–H groups in total. The van der Waals surface area contributed by atoms with Gasteiger partial charge in [0.15, 0.2) is 5.78 Å². The number of ketones is 1. The van der Waals surface area contributed by atoms with Crippen LogP contribution in [0.2, 0.25) is 0 Å². The molecular weight excluding hydrogens is 593 g/mol. The molecule has 5 rings (SSSR count). The topological polar surface area (TPSA) is 139 Å². The Morgan fingerprint density at radius 2 is 1.74 bits per heavy atom. The lowest BCUT2D eigenvalue weighted by Gasteiger charge is -2.16. The Balaban J connectivity index is 1.30. The molecule has 43 heavy (non-hydrogen) atoms. The number of sulfonamides is 1. The number of nitrogens with two attached hydrogens (primary N) is 1. The molecule has 0 amide bonds. The number of carbonyl (C=O) groups excluding carboxylic acids is 1. The molecule has 1 atom stereocenters. The van der Waals surface area contributed by atoms with Gasteiger partial charge in [0, 0.05) is 12.8 Å². The summed E-state index contributed by atoms with van der Waals surface area (Å²) in [4.78, 5) is 17.6. The zero-order chi connectivity index (χ0) is 30.4. The van der Waals surface area contributed by atoms with E-state index >= 15 is 0 Å². The zero-order valence-electron chi connectivity index (χ0n) is 23.4. The zero-order valence-corrected chi connectivity index (χ0v) is 25.0. The number of fused-ring (bicyclic) bond motifs is 1. The molecule has 0 aliphatic rings. The van der Waals surface area contributed by atoms with Crippen LogP contribution >= 0.6 is 11.3 Å². The highest BCUT2D eigenvalue weighted by Crippen LogP contribution is 2.29. The maximum absolute atomic E-state index is 13.5. The fourth-order valence-corrected chi connectivity index (χ4v) is 6.11. The van der Waals surface area contributed by atoms with Gasteiger partial charge in [0.25, 0.3) is 10.0 Å².